The van der Waals surface area contributed by atoms with Gasteiger partial charge in [0.15, 0.2) is 0 Å². The number of fused-ring (bicyclic) bond motifs is 5. The summed E-state index contributed by atoms with van der Waals surface area (Å²) in [4.78, 5) is 154. The van der Waals surface area contributed by atoms with Crippen molar-refractivity contribution in [1.82, 2.24) is 45.9 Å². The maximum atomic E-state index is 15.4. The van der Waals surface area contributed by atoms with Gasteiger partial charge in [0.2, 0.25) is 29.2 Å². The number of nitrogens with zero attached hydrogens (tertiary/aromatic N) is 5. The fourth-order valence-corrected chi connectivity index (χ4v) is 13.2. The van der Waals surface area contributed by atoms with Gasteiger partial charge in [0.25, 0.3) is 23.3 Å². The summed E-state index contributed by atoms with van der Waals surface area (Å²) in [5.41, 5.74) is 2.73. The average Bonchev–Trinajstić information content (AvgIpc) is 1.58. The molecule has 0 bridgehead atoms. The highest BCUT2D eigenvalue weighted by molar-refractivity contribution is 14.1. The summed E-state index contributed by atoms with van der Waals surface area (Å²) in [6.45, 7) is 0.855. The van der Waals surface area contributed by atoms with E-state index in [1.807, 2.05) is 22.6 Å². The lowest BCUT2D eigenvalue weighted by atomic mass is 9.85. The highest BCUT2D eigenvalue weighted by atomic mass is 127. The first-order valence-electron chi connectivity index (χ1n) is 30.5. The van der Waals surface area contributed by atoms with Crippen LogP contribution in [0.1, 0.15) is 87.1 Å². The quantitative estimate of drug-likeness (QED) is 0.0159. The SMILES string of the molecule is CC[C@@]1(OC(=O)N(C)C[C@@H]2CCCN2C(=O)OCc2ccc(NC(O)CNC(=O)[C@H](Cc3ccccc3)NC(=O)CNC(=O)CNC(=O)c3cc(I)cc(N4C(=O)C=CC4=O)c3)cc2)C(=O)OCc2c1cc1n(c2=O)Cc2c-1nc1cc(F)c(C)c3c1c2[C@@H](NC(=O)CO)C3. The van der Waals surface area contributed by atoms with Crippen molar-refractivity contribution in [2.24, 2.45) is 0 Å². The number of aromatic nitrogens is 2. The number of carbonyl (C=O) groups is 10. The van der Waals surface area contributed by atoms with E-state index in [2.05, 4.69) is 31.9 Å². The van der Waals surface area contributed by atoms with E-state index in [9.17, 15) is 63.0 Å². The second-order valence-corrected chi connectivity index (χ2v) is 24.7. The summed E-state index contributed by atoms with van der Waals surface area (Å²) < 4.78 is 34.8. The molecular formula is C66H65FIN11O16. The molecule has 27 nitrogen and oxygen atoms in total. The number of likely N-dealkylation sites (tertiary alicyclic amines) is 1. The molecule has 1 aliphatic carbocycles. The number of aliphatic hydroxyl groups is 2. The molecule has 0 radical (unpaired) electrons. The molecule has 1 unspecified atom stereocenters. The normalized spacial score (nSPS) is 17.9. The number of cyclic esters (lactones) is 1. The second kappa shape index (κ2) is 27.8. The van der Waals surface area contributed by atoms with E-state index in [-0.39, 0.29) is 73.6 Å². The van der Waals surface area contributed by atoms with E-state index in [4.69, 9.17) is 19.2 Å². The van der Waals surface area contributed by atoms with E-state index in [1.165, 1.54) is 39.6 Å². The number of imide groups is 1. The highest BCUT2D eigenvalue weighted by Crippen LogP contribution is 2.48. The van der Waals surface area contributed by atoms with Crippen LogP contribution in [0.15, 0.2) is 102 Å². The first-order chi connectivity index (χ1) is 45.5. The summed E-state index contributed by atoms with van der Waals surface area (Å²) in [6.07, 6.45) is 0.557. The van der Waals surface area contributed by atoms with Gasteiger partial charge in [-0.1, -0.05) is 49.4 Å². The van der Waals surface area contributed by atoms with Crippen molar-refractivity contribution >= 4 is 104 Å². The minimum absolute atomic E-state index is 0.0223. The molecule has 1 fully saturated rings. The van der Waals surface area contributed by atoms with Crippen LogP contribution in [0.3, 0.4) is 0 Å². The van der Waals surface area contributed by atoms with Crippen molar-refractivity contribution in [3.05, 3.63) is 167 Å². The van der Waals surface area contributed by atoms with Gasteiger partial charge in [0.1, 0.15) is 37.9 Å². The molecule has 11 rings (SSSR count). The third kappa shape index (κ3) is 13.8. The lowest BCUT2D eigenvalue weighted by Gasteiger charge is -2.37. The number of likely N-dealkylation sites (N-methyl/N-ethyl adjacent to an activating group) is 1. The van der Waals surface area contributed by atoms with Crippen LogP contribution in [0.25, 0.3) is 22.3 Å². The Bertz CT molecular complexity index is 4250. The first-order valence-corrected chi connectivity index (χ1v) is 31.6. The Hall–Kier alpha value is -10.1. The molecule has 1 saturated heterocycles. The smallest absolute Gasteiger partial charge is 0.411 e. The van der Waals surface area contributed by atoms with Gasteiger partial charge in [0, 0.05) is 76.1 Å². The monoisotopic (exact) mass is 1410 g/mol. The Morgan fingerprint density at radius 1 is 0.884 bits per heavy atom. The Balaban J connectivity index is 0.656. The lowest BCUT2D eigenvalue weighted by molar-refractivity contribution is -0.173. The van der Waals surface area contributed by atoms with Crippen LogP contribution in [-0.4, -0.2) is 154 Å². The van der Waals surface area contributed by atoms with Crippen LogP contribution >= 0.6 is 22.6 Å². The van der Waals surface area contributed by atoms with E-state index >= 15 is 4.39 Å². The van der Waals surface area contributed by atoms with Gasteiger partial charge in [0.05, 0.1) is 66.4 Å². The number of nitrogens with one attached hydrogen (secondary N) is 6. The molecular weight excluding hydrogens is 1350 g/mol. The lowest BCUT2D eigenvalue weighted by Crippen LogP contribution is -2.52. The molecule has 95 heavy (non-hydrogen) atoms. The number of ether oxygens (including phenoxy) is 3. The number of halogens is 2. The van der Waals surface area contributed by atoms with Crippen molar-refractivity contribution in [1.29, 1.82) is 0 Å². The zero-order chi connectivity index (χ0) is 67.6. The molecule has 6 heterocycles. The van der Waals surface area contributed by atoms with Crippen LogP contribution in [-0.2, 0) is 86.0 Å². The fourth-order valence-electron chi connectivity index (χ4n) is 12.6. The maximum absolute atomic E-state index is 15.4. The predicted octanol–water partition coefficient (Wildman–Crippen LogP) is 3.26. The molecule has 6 aromatic rings. The van der Waals surface area contributed by atoms with Crippen LogP contribution in [0, 0.1) is 16.3 Å². The summed E-state index contributed by atoms with van der Waals surface area (Å²) >= 11 is 1.93. The fraction of sp³-hybridized carbons (Fsp3) is 0.333. The predicted molar refractivity (Wildman–Crippen MR) is 345 cm³/mol. The number of amides is 9. The number of pyridine rings is 2. The molecule has 5 atom stereocenters. The topological polar surface area (TPSA) is 356 Å². The van der Waals surface area contributed by atoms with Gasteiger partial charge >= 0.3 is 18.2 Å². The van der Waals surface area contributed by atoms with Gasteiger partial charge in [-0.05, 0) is 119 Å². The molecule has 4 aromatic carbocycles. The molecule has 4 aliphatic heterocycles. The summed E-state index contributed by atoms with van der Waals surface area (Å²) in [5, 5.41) is 37.0. The minimum Gasteiger partial charge on any atom is -0.457 e. The van der Waals surface area contributed by atoms with Gasteiger partial charge in [-0.15, -0.1) is 0 Å². The zero-order valence-corrected chi connectivity index (χ0v) is 53.7. The van der Waals surface area contributed by atoms with Gasteiger partial charge < -0.3 is 70.7 Å². The zero-order valence-electron chi connectivity index (χ0n) is 51.5. The number of anilines is 2. The summed E-state index contributed by atoms with van der Waals surface area (Å²) in [7, 11) is 1.45. The number of hydrogen-bond acceptors (Lipinski definition) is 18. The standard InChI is InChI=1S/C66H65FIN11O16/c1-4-66(45-24-50-59-43(30-78(50)62(89)44(45)33-93-63(66)90)58-47(73-54(84)31-80)23-42-34(2)46(67)25-48(75-59)57(42)58)95-64(91)76(3)29-40-11-8-18-77(40)65(92)94-32-36-12-14-39(15-13-36)72-52(82)28-71-61(88)49(19-35-9-6-5-7-10-35)74-53(83)27-69-51(81)26-70-60(87)37-20-38(68)22-41(21-37)79-55(85)16-17-56(79)86/h5-7,9-10,12-17,20-22,24-25,40,47,49,52,72,80,82H,4,8,11,18-19,23,26-33H2,1-3H3,(H,69,81)(H,70,87)(H,71,88)(H,73,84)(H,74,83)/t40-,47-,49-,52?,66-/m0/s1. The molecule has 9 amide bonds. The number of carbonyl (C=O) groups excluding carboxylic acids is 10. The minimum atomic E-state index is -2.09. The number of rotatable bonds is 22. The molecule has 8 N–H and O–H groups in total. The Labute approximate surface area is 554 Å². The molecule has 29 heteroatoms. The average molecular weight is 1410 g/mol. The van der Waals surface area contributed by atoms with Crippen molar-refractivity contribution in [2.45, 2.75) is 95.7 Å². The largest absolute Gasteiger partial charge is 0.457 e. The van der Waals surface area contributed by atoms with Gasteiger partial charge in [-0.3, -0.25) is 38.4 Å². The Morgan fingerprint density at radius 2 is 1.62 bits per heavy atom. The van der Waals surface area contributed by atoms with Crippen LogP contribution < -0.4 is 42.4 Å². The third-order valence-electron chi connectivity index (χ3n) is 17.3. The second-order valence-electron chi connectivity index (χ2n) is 23.5. The van der Waals surface area contributed by atoms with Crippen LogP contribution in [0.5, 0.6) is 0 Å². The van der Waals surface area contributed by atoms with Crippen LogP contribution in [0.4, 0.5) is 25.4 Å². The van der Waals surface area contributed by atoms with Gasteiger partial charge in [-0.2, -0.15) is 0 Å². The molecule has 5 aliphatic rings. The molecule has 2 aromatic heterocycles. The van der Waals surface area contributed by atoms with E-state index in [0.29, 0.717) is 78.6 Å². The van der Waals surface area contributed by atoms with E-state index in [0.717, 1.165) is 17.1 Å². The summed E-state index contributed by atoms with van der Waals surface area (Å²) in [5.74, 6) is -5.96. The number of hydrogen-bond donors (Lipinski definition) is 8. The first kappa shape index (κ1) is 66.3. The maximum Gasteiger partial charge on any atom is 0.411 e. The third-order valence-corrected chi connectivity index (χ3v) is 18.0. The van der Waals surface area contributed by atoms with E-state index < -0.39 is 127 Å². The molecule has 0 saturated carbocycles. The molecule has 0 spiro atoms. The van der Waals surface area contributed by atoms with Crippen molar-refractivity contribution in [3.63, 3.8) is 0 Å². The highest BCUT2D eigenvalue weighted by Gasteiger charge is 2.52. The van der Waals surface area contributed by atoms with Crippen molar-refractivity contribution < 1.29 is 76.8 Å². The van der Waals surface area contributed by atoms with Crippen molar-refractivity contribution in [2.75, 3.05) is 56.6 Å². The Kier molecular flexibility index (Phi) is 19.4. The number of aliphatic hydroxyl groups excluding tert-OH is 2. The van der Waals surface area contributed by atoms with Crippen molar-refractivity contribution in [3.8, 4) is 11.4 Å². The number of esters is 1. The van der Waals surface area contributed by atoms with Crippen LogP contribution in [0.2, 0.25) is 0 Å². The number of benzene rings is 4. The summed E-state index contributed by atoms with van der Waals surface area (Å²) in [6, 6.07) is 20.3. The molecule has 494 valence electrons. The van der Waals surface area contributed by atoms with Gasteiger partial charge in [-0.25, -0.2) is 28.7 Å². The Morgan fingerprint density at radius 3 is 2.35 bits per heavy atom. The van der Waals surface area contributed by atoms with E-state index in [1.54, 1.807) is 80.6 Å².